The molecule has 0 saturated heterocycles. The van der Waals surface area contributed by atoms with Gasteiger partial charge in [0, 0.05) is 13.5 Å². The molecule has 2 rings (SSSR count). The van der Waals surface area contributed by atoms with Crippen molar-refractivity contribution in [3.05, 3.63) is 48.0 Å². The van der Waals surface area contributed by atoms with Crippen LogP contribution in [-0.4, -0.2) is 14.8 Å². The molecule has 2 aromatic rings. The molecule has 0 aliphatic rings. The summed E-state index contributed by atoms with van der Waals surface area (Å²) in [6.07, 6.45) is 2.57. The summed E-state index contributed by atoms with van der Waals surface area (Å²) in [5.74, 6) is 0.992. The molecular weight excluding hydrogens is 162 g/mol. The average Bonchev–Trinajstić information content (AvgIpc) is 2.54. The Hall–Kier alpha value is -1.64. The summed E-state index contributed by atoms with van der Waals surface area (Å²) >= 11 is 0. The zero-order valence-electron chi connectivity index (χ0n) is 7.51. The molecule has 0 bridgehead atoms. The zero-order chi connectivity index (χ0) is 9.10. The van der Waals surface area contributed by atoms with Gasteiger partial charge in [0.15, 0.2) is 0 Å². The van der Waals surface area contributed by atoms with E-state index in [1.807, 2.05) is 29.8 Å². The van der Waals surface area contributed by atoms with Crippen LogP contribution in [0.25, 0.3) is 0 Å². The van der Waals surface area contributed by atoms with Gasteiger partial charge in [-0.3, -0.25) is 0 Å². The molecule has 0 spiro atoms. The van der Waals surface area contributed by atoms with Crippen molar-refractivity contribution >= 4 is 0 Å². The quantitative estimate of drug-likeness (QED) is 0.687. The van der Waals surface area contributed by atoms with E-state index in [9.17, 15) is 0 Å². The van der Waals surface area contributed by atoms with Gasteiger partial charge in [-0.15, -0.1) is 10.2 Å². The summed E-state index contributed by atoms with van der Waals surface area (Å²) in [5.41, 5.74) is 1.26. The van der Waals surface area contributed by atoms with E-state index in [1.54, 1.807) is 6.33 Å². The first-order valence-electron chi connectivity index (χ1n) is 4.23. The van der Waals surface area contributed by atoms with Crippen LogP contribution in [0.4, 0.5) is 0 Å². The maximum Gasteiger partial charge on any atom is 0.136 e. The first-order chi connectivity index (χ1) is 6.36. The Morgan fingerprint density at radius 2 is 2.00 bits per heavy atom. The van der Waals surface area contributed by atoms with Gasteiger partial charge in [-0.2, -0.15) is 0 Å². The summed E-state index contributed by atoms with van der Waals surface area (Å²) in [4.78, 5) is 0. The smallest absolute Gasteiger partial charge is 0.136 e. The van der Waals surface area contributed by atoms with Gasteiger partial charge in [0.2, 0.25) is 0 Å². The van der Waals surface area contributed by atoms with Crippen LogP contribution in [0.5, 0.6) is 0 Å². The van der Waals surface area contributed by atoms with Gasteiger partial charge >= 0.3 is 0 Å². The third-order valence-corrected chi connectivity index (χ3v) is 2.01. The van der Waals surface area contributed by atoms with Crippen LogP contribution in [0.3, 0.4) is 0 Å². The van der Waals surface area contributed by atoms with E-state index in [0.717, 1.165) is 12.2 Å². The van der Waals surface area contributed by atoms with Gasteiger partial charge in [0.1, 0.15) is 12.2 Å². The van der Waals surface area contributed by atoms with E-state index < -0.39 is 0 Å². The van der Waals surface area contributed by atoms with Crippen molar-refractivity contribution in [3.8, 4) is 0 Å². The molecule has 0 fully saturated rings. The average molecular weight is 173 g/mol. The Bertz CT molecular complexity index is 378. The van der Waals surface area contributed by atoms with Gasteiger partial charge in [0.25, 0.3) is 0 Å². The predicted molar refractivity (Wildman–Crippen MR) is 50.3 cm³/mol. The maximum absolute atomic E-state index is 4.02. The summed E-state index contributed by atoms with van der Waals surface area (Å²) in [6.45, 7) is 0. The van der Waals surface area contributed by atoms with Crippen molar-refractivity contribution in [2.24, 2.45) is 7.05 Å². The summed E-state index contributed by atoms with van der Waals surface area (Å²) in [7, 11) is 1.96. The van der Waals surface area contributed by atoms with Gasteiger partial charge in [-0.1, -0.05) is 30.3 Å². The van der Waals surface area contributed by atoms with Crippen LogP contribution in [0.15, 0.2) is 36.7 Å². The molecule has 0 atom stereocenters. The maximum atomic E-state index is 4.02. The number of aromatic nitrogens is 3. The molecule has 1 aromatic heterocycles. The van der Waals surface area contributed by atoms with Gasteiger partial charge in [-0.05, 0) is 5.56 Å². The number of aryl methyl sites for hydroxylation is 1. The number of benzene rings is 1. The van der Waals surface area contributed by atoms with Crippen LogP contribution in [0.1, 0.15) is 11.4 Å². The molecule has 1 aromatic carbocycles. The predicted octanol–water partition coefficient (Wildman–Crippen LogP) is 1.41. The highest BCUT2D eigenvalue weighted by Gasteiger charge is 2.00. The Morgan fingerprint density at radius 1 is 1.23 bits per heavy atom. The lowest BCUT2D eigenvalue weighted by Gasteiger charge is -1.99. The van der Waals surface area contributed by atoms with Crippen molar-refractivity contribution < 1.29 is 0 Å². The van der Waals surface area contributed by atoms with Gasteiger partial charge in [-0.25, -0.2) is 0 Å². The minimum Gasteiger partial charge on any atom is -0.320 e. The first kappa shape index (κ1) is 7.98. The van der Waals surface area contributed by atoms with Crippen LogP contribution >= 0.6 is 0 Å². The Balaban J connectivity index is 2.20. The fourth-order valence-corrected chi connectivity index (χ4v) is 1.25. The third-order valence-electron chi connectivity index (χ3n) is 2.01. The summed E-state index contributed by atoms with van der Waals surface area (Å²) in [5, 5.41) is 7.85. The fourth-order valence-electron chi connectivity index (χ4n) is 1.25. The largest absolute Gasteiger partial charge is 0.320 e. The van der Waals surface area contributed by atoms with Gasteiger partial charge in [0.05, 0.1) is 0 Å². The molecule has 0 aliphatic carbocycles. The standard InChI is InChI=1S/C10H11N3/c1-13-8-11-12-10(13)7-9-5-3-2-4-6-9/h2-6,8H,7H2,1H3. The van der Waals surface area contributed by atoms with E-state index >= 15 is 0 Å². The highest BCUT2D eigenvalue weighted by Crippen LogP contribution is 2.04. The number of hydrogen-bond donors (Lipinski definition) is 0. The molecule has 0 N–H and O–H groups in total. The van der Waals surface area contributed by atoms with Gasteiger partial charge < -0.3 is 4.57 Å². The lowest BCUT2D eigenvalue weighted by atomic mass is 10.1. The topological polar surface area (TPSA) is 30.7 Å². The first-order valence-corrected chi connectivity index (χ1v) is 4.23. The Labute approximate surface area is 77.0 Å². The summed E-state index contributed by atoms with van der Waals surface area (Å²) in [6, 6.07) is 10.3. The summed E-state index contributed by atoms with van der Waals surface area (Å²) < 4.78 is 1.94. The van der Waals surface area contributed by atoms with E-state index in [1.165, 1.54) is 5.56 Å². The highest BCUT2D eigenvalue weighted by atomic mass is 15.2. The molecule has 1 heterocycles. The lowest BCUT2D eigenvalue weighted by Crippen LogP contribution is -1.97. The van der Waals surface area contributed by atoms with Crippen molar-refractivity contribution in [3.63, 3.8) is 0 Å². The van der Waals surface area contributed by atoms with E-state index in [2.05, 4.69) is 22.3 Å². The van der Waals surface area contributed by atoms with Crippen molar-refractivity contribution in [2.45, 2.75) is 6.42 Å². The minimum atomic E-state index is 0.845. The number of nitrogens with zero attached hydrogens (tertiary/aromatic N) is 3. The molecule has 0 unspecified atom stereocenters. The molecule has 0 saturated carbocycles. The second-order valence-electron chi connectivity index (χ2n) is 3.02. The third kappa shape index (κ3) is 1.75. The fraction of sp³-hybridized carbons (Fsp3) is 0.200. The molecule has 3 nitrogen and oxygen atoms in total. The molecule has 0 aliphatic heterocycles. The SMILES string of the molecule is Cn1cnnc1Cc1ccccc1. The number of rotatable bonds is 2. The number of hydrogen-bond acceptors (Lipinski definition) is 2. The normalized spacial score (nSPS) is 10.2. The van der Waals surface area contributed by atoms with Crippen molar-refractivity contribution in [2.75, 3.05) is 0 Å². The van der Waals surface area contributed by atoms with Crippen LogP contribution in [0.2, 0.25) is 0 Å². The second kappa shape index (κ2) is 3.39. The highest BCUT2D eigenvalue weighted by molar-refractivity contribution is 5.18. The Kier molecular flexibility index (Phi) is 2.08. The van der Waals surface area contributed by atoms with Crippen LogP contribution in [-0.2, 0) is 13.5 Å². The monoisotopic (exact) mass is 173 g/mol. The molecule has 0 radical (unpaired) electrons. The molecule has 66 valence electrons. The molecular formula is C10H11N3. The molecule has 3 heteroatoms. The Morgan fingerprint density at radius 3 is 2.62 bits per heavy atom. The minimum absolute atomic E-state index is 0.845. The molecule has 0 amide bonds. The van der Waals surface area contributed by atoms with E-state index in [4.69, 9.17) is 0 Å². The van der Waals surface area contributed by atoms with Crippen molar-refractivity contribution in [1.29, 1.82) is 0 Å². The second-order valence-corrected chi connectivity index (χ2v) is 3.02. The lowest BCUT2D eigenvalue weighted by molar-refractivity contribution is 0.821. The van der Waals surface area contributed by atoms with Crippen LogP contribution < -0.4 is 0 Å². The molecule has 13 heavy (non-hydrogen) atoms. The van der Waals surface area contributed by atoms with E-state index in [0.29, 0.717) is 0 Å². The van der Waals surface area contributed by atoms with E-state index in [-0.39, 0.29) is 0 Å². The van der Waals surface area contributed by atoms with Crippen LogP contribution in [0, 0.1) is 0 Å². The van der Waals surface area contributed by atoms with Crippen molar-refractivity contribution in [1.82, 2.24) is 14.8 Å². The zero-order valence-corrected chi connectivity index (χ0v) is 7.51.